The fourth-order valence-corrected chi connectivity index (χ4v) is 4.66. The van der Waals surface area contributed by atoms with Gasteiger partial charge >= 0.3 is 11.9 Å². The first-order chi connectivity index (χ1) is 21.7. The zero-order valence-electron chi connectivity index (χ0n) is 26.7. The van der Waals surface area contributed by atoms with Crippen LogP contribution < -0.4 is 24.3 Å². The van der Waals surface area contributed by atoms with Crippen LogP contribution in [0.25, 0.3) is 0 Å². The van der Waals surface area contributed by atoms with Gasteiger partial charge in [-0.2, -0.15) is 0 Å². The molecule has 1 N–H and O–H groups in total. The highest BCUT2D eigenvalue weighted by Gasteiger charge is 2.39. The molecule has 248 valence electrons. The lowest BCUT2D eigenvalue weighted by atomic mass is 9.81. The largest absolute Gasteiger partial charge is 0.497 e. The fourth-order valence-electron chi connectivity index (χ4n) is 4.66. The van der Waals surface area contributed by atoms with E-state index in [4.69, 9.17) is 28.4 Å². The molecule has 0 saturated heterocycles. The van der Waals surface area contributed by atoms with Crippen molar-refractivity contribution in [3.8, 4) is 23.0 Å². The first-order valence-corrected chi connectivity index (χ1v) is 14.3. The van der Waals surface area contributed by atoms with Crippen LogP contribution in [0.4, 0.5) is 8.78 Å². The van der Waals surface area contributed by atoms with Gasteiger partial charge < -0.3 is 33.7 Å². The summed E-state index contributed by atoms with van der Waals surface area (Å²) in [5.74, 6) is -3.78. The Morgan fingerprint density at radius 1 is 0.957 bits per heavy atom. The number of aromatic nitrogens is 1. The Labute approximate surface area is 266 Å². The van der Waals surface area contributed by atoms with E-state index in [0.717, 1.165) is 17.7 Å². The van der Waals surface area contributed by atoms with E-state index >= 15 is 0 Å². The van der Waals surface area contributed by atoms with Crippen LogP contribution in [-0.4, -0.2) is 61.6 Å². The van der Waals surface area contributed by atoms with E-state index in [2.05, 4.69) is 10.3 Å². The molecule has 11 nitrogen and oxygen atoms in total. The molecule has 3 atom stereocenters. The zero-order valence-corrected chi connectivity index (χ0v) is 26.7. The molecule has 0 aliphatic heterocycles. The second kappa shape index (κ2) is 15.9. The van der Waals surface area contributed by atoms with Crippen LogP contribution >= 0.6 is 0 Å². The highest BCUT2D eigenvalue weighted by molar-refractivity contribution is 5.98. The van der Waals surface area contributed by atoms with E-state index in [1.165, 1.54) is 39.3 Å². The molecule has 1 amide bonds. The number of pyridine rings is 1. The number of halogens is 2. The van der Waals surface area contributed by atoms with Crippen LogP contribution in [0, 0.1) is 17.6 Å². The topological polar surface area (TPSA) is 132 Å². The van der Waals surface area contributed by atoms with Crippen LogP contribution in [0.5, 0.6) is 23.0 Å². The Bertz CT molecular complexity index is 1520. The second-order valence-corrected chi connectivity index (χ2v) is 10.9. The van der Waals surface area contributed by atoms with Crippen molar-refractivity contribution in [2.45, 2.75) is 58.8 Å². The Morgan fingerprint density at radius 2 is 1.65 bits per heavy atom. The summed E-state index contributed by atoms with van der Waals surface area (Å²) in [6.45, 7) is 7.22. The molecule has 0 bridgehead atoms. The number of carbonyl (C=O) groups is 3. The van der Waals surface area contributed by atoms with Crippen LogP contribution in [0.1, 0.15) is 50.7 Å². The van der Waals surface area contributed by atoms with Gasteiger partial charge in [-0.25, -0.2) is 18.6 Å². The van der Waals surface area contributed by atoms with Gasteiger partial charge in [0.05, 0.1) is 14.2 Å². The van der Waals surface area contributed by atoms with Crippen molar-refractivity contribution in [1.29, 1.82) is 0 Å². The summed E-state index contributed by atoms with van der Waals surface area (Å²) in [4.78, 5) is 41.6. The molecule has 3 aromatic rings. The molecule has 3 rings (SSSR count). The summed E-state index contributed by atoms with van der Waals surface area (Å²) >= 11 is 0. The average Bonchev–Trinajstić information content (AvgIpc) is 3.01. The molecule has 0 aliphatic carbocycles. The molecule has 0 saturated carbocycles. The van der Waals surface area contributed by atoms with Crippen molar-refractivity contribution in [3.63, 3.8) is 0 Å². The summed E-state index contributed by atoms with van der Waals surface area (Å²) in [6, 6.07) is 10.6. The molecule has 1 heterocycles. The molecule has 0 radical (unpaired) electrons. The van der Waals surface area contributed by atoms with Gasteiger partial charge in [-0.05, 0) is 63.9 Å². The lowest BCUT2D eigenvalue weighted by Crippen LogP contribution is -2.48. The number of hydrogen-bond acceptors (Lipinski definition) is 10. The molecule has 0 unspecified atom stereocenters. The third-order valence-corrected chi connectivity index (χ3v) is 7.11. The SMILES string of the molecule is COc1ccc(C[C@@H]([C@H](C)OC(=O)[C@H](C)NC(=O)c2nccc(OC)c2OCOC(C)=O)C(C)(C)Oc2ccc(F)cc2F)cc1. The van der Waals surface area contributed by atoms with Gasteiger partial charge in [-0.1, -0.05) is 12.1 Å². The van der Waals surface area contributed by atoms with Gasteiger partial charge in [0.1, 0.15) is 29.3 Å². The Morgan fingerprint density at radius 3 is 2.26 bits per heavy atom. The minimum atomic E-state index is -1.15. The first kappa shape index (κ1) is 35.5. The monoisotopic (exact) mass is 644 g/mol. The van der Waals surface area contributed by atoms with Crippen molar-refractivity contribution in [3.05, 3.63) is 77.6 Å². The molecule has 0 spiro atoms. The van der Waals surface area contributed by atoms with E-state index in [1.54, 1.807) is 40.0 Å². The molecule has 46 heavy (non-hydrogen) atoms. The number of methoxy groups -OCH3 is 2. The quantitative estimate of drug-likeness (QED) is 0.177. The van der Waals surface area contributed by atoms with Crippen LogP contribution in [0.3, 0.4) is 0 Å². The normalized spacial score (nSPS) is 13.1. The molecular weight excluding hydrogens is 606 g/mol. The number of esters is 2. The van der Waals surface area contributed by atoms with E-state index < -0.39 is 59.9 Å². The van der Waals surface area contributed by atoms with Gasteiger partial charge in [0.25, 0.3) is 5.91 Å². The van der Waals surface area contributed by atoms with Crippen molar-refractivity contribution >= 4 is 17.8 Å². The molecule has 2 aromatic carbocycles. The summed E-state index contributed by atoms with van der Waals surface area (Å²) in [6.07, 6.45) is 0.837. The molecule has 13 heteroatoms. The average molecular weight is 645 g/mol. The highest BCUT2D eigenvalue weighted by atomic mass is 19.1. The number of amides is 1. The summed E-state index contributed by atoms with van der Waals surface area (Å²) in [7, 11) is 2.91. The summed E-state index contributed by atoms with van der Waals surface area (Å²) in [5.41, 5.74) is -0.493. The van der Waals surface area contributed by atoms with Crippen molar-refractivity contribution in [2.75, 3.05) is 21.0 Å². The number of hydrogen-bond donors (Lipinski definition) is 1. The first-order valence-electron chi connectivity index (χ1n) is 14.3. The molecule has 0 aliphatic rings. The third kappa shape index (κ3) is 9.53. The minimum Gasteiger partial charge on any atom is -0.497 e. The van der Waals surface area contributed by atoms with Crippen LogP contribution in [0.15, 0.2) is 54.7 Å². The van der Waals surface area contributed by atoms with Crippen LogP contribution in [0.2, 0.25) is 0 Å². The zero-order chi connectivity index (χ0) is 34.0. The van der Waals surface area contributed by atoms with Crippen molar-refractivity contribution in [1.82, 2.24) is 10.3 Å². The smallest absolute Gasteiger partial charge is 0.328 e. The standard InChI is InChI=1S/C33H38F2N2O9/c1-19(37-31(39)29-30(44-18-43-21(3)38)28(42-7)14-15-36-29)32(40)45-20(2)25(16-22-8-11-24(41-6)12-9-22)33(4,5)46-27-13-10-23(34)17-26(27)35/h8-15,17,19-20,25H,16,18H2,1-7H3,(H,37,39)/t19-,20-,25-/m0/s1. The number of nitrogens with one attached hydrogen (secondary N) is 1. The molecular formula is C33H38F2N2O9. The lowest BCUT2D eigenvalue weighted by Gasteiger charge is -2.38. The highest BCUT2D eigenvalue weighted by Crippen LogP contribution is 2.34. The Hall–Kier alpha value is -4.94. The predicted octanol–water partition coefficient (Wildman–Crippen LogP) is 5.04. The minimum absolute atomic E-state index is 0.0934. The van der Waals surface area contributed by atoms with Gasteiger partial charge in [-0.15, -0.1) is 0 Å². The van der Waals surface area contributed by atoms with Gasteiger partial charge in [0.15, 0.2) is 28.8 Å². The molecule has 0 fully saturated rings. The number of benzene rings is 2. The third-order valence-electron chi connectivity index (χ3n) is 7.11. The van der Waals surface area contributed by atoms with Crippen molar-refractivity contribution < 1.29 is 51.6 Å². The summed E-state index contributed by atoms with van der Waals surface area (Å²) in [5, 5.41) is 2.54. The predicted molar refractivity (Wildman–Crippen MR) is 162 cm³/mol. The summed E-state index contributed by atoms with van der Waals surface area (Å²) < 4.78 is 60.7. The van der Waals surface area contributed by atoms with E-state index in [-0.39, 0.29) is 22.9 Å². The van der Waals surface area contributed by atoms with Crippen molar-refractivity contribution in [2.24, 2.45) is 5.92 Å². The molecule has 1 aromatic heterocycles. The van der Waals surface area contributed by atoms with E-state index in [1.807, 2.05) is 12.1 Å². The number of rotatable bonds is 15. The van der Waals surface area contributed by atoms with E-state index in [0.29, 0.717) is 12.2 Å². The van der Waals surface area contributed by atoms with Gasteiger partial charge in [0, 0.05) is 31.2 Å². The van der Waals surface area contributed by atoms with Crippen LogP contribution in [-0.2, 0) is 25.5 Å². The van der Waals surface area contributed by atoms with E-state index in [9.17, 15) is 23.2 Å². The Kier molecular flexibility index (Phi) is 12.3. The lowest BCUT2D eigenvalue weighted by molar-refractivity contribution is -0.156. The number of ether oxygens (including phenoxy) is 6. The maximum Gasteiger partial charge on any atom is 0.328 e. The maximum atomic E-state index is 14.6. The Balaban J connectivity index is 1.80. The number of carbonyl (C=O) groups excluding carboxylic acids is 3. The van der Waals surface area contributed by atoms with Gasteiger partial charge in [0.2, 0.25) is 6.79 Å². The number of nitrogens with zero attached hydrogens (tertiary/aromatic N) is 1. The second-order valence-electron chi connectivity index (χ2n) is 10.9. The van der Waals surface area contributed by atoms with Gasteiger partial charge in [-0.3, -0.25) is 9.59 Å². The maximum absolute atomic E-state index is 14.6. The fraction of sp³-hybridized carbons (Fsp3) is 0.394.